The Labute approximate surface area is 176 Å². The van der Waals surface area contributed by atoms with Crippen LogP contribution >= 0.6 is 0 Å². The van der Waals surface area contributed by atoms with E-state index in [2.05, 4.69) is 27.2 Å². The van der Waals surface area contributed by atoms with Gasteiger partial charge in [0.2, 0.25) is 5.82 Å². The first-order valence-electron chi connectivity index (χ1n) is 10.1. The molecule has 0 aliphatic heterocycles. The first-order valence-corrected chi connectivity index (χ1v) is 10.1. The van der Waals surface area contributed by atoms with Gasteiger partial charge in [-0.3, -0.25) is 14.9 Å². The number of carbonyl (C=O) groups is 1. The number of H-pyrrole nitrogens is 1. The quantitative estimate of drug-likeness (QED) is 0.573. The second kappa shape index (κ2) is 8.49. The summed E-state index contributed by atoms with van der Waals surface area (Å²) >= 11 is 0. The molecule has 0 saturated heterocycles. The number of carboxylic acids is 1. The van der Waals surface area contributed by atoms with Gasteiger partial charge >= 0.3 is 12.1 Å². The van der Waals surface area contributed by atoms with Crippen molar-refractivity contribution >= 4 is 5.97 Å². The van der Waals surface area contributed by atoms with E-state index in [1.807, 2.05) is 17.2 Å². The van der Waals surface area contributed by atoms with E-state index in [0.717, 1.165) is 31.2 Å². The number of benzene rings is 1. The van der Waals surface area contributed by atoms with E-state index in [4.69, 9.17) is 5.11 Å². The van der Waals surface area contributed by atoms with Crippen molar-refractivity contribution < 1.29 is 23.1 Å². The van der Waals surface area contributed by atoms with Crippen LogP contribution in [0, 0.1) is 5.92 Å². The van der Waals surface area contributed by atoms with E-state index in [1.165, 1.54) is 11.8 Å². The molecule has 3 aromatic rings. The summed E-state index contributed by atoms with van der Waals surface area (Å²) in [5.41, 5.74) is 3.23. The van der Waals surface area contributed by atoms with Crippen LogP contribution in [0.25, 0.3) is 22.6 Å². The molecule has 0 atom stereocenters. The zero-order valence-corrected chi connectivity index (χ0v) is 16.6. The summed E-state index contributed by atoms with van der Waals surface area (Å²) in [5, 5.41) is 14.5. The number of halogens is 3. The van der Waals surface area contributed by atoms with E-state index < -0.39 is 18.0 Å². The van der Waals surface area contributed by atoms with Crippen LogP contribution in [-0.2, 0) is 11.0 Å². The molecule has 0 radical (unpaired) electrons. The van der Waals surface area contributed by atoms with Gasteiger partial charge in [0.1, 0.15) is 0 Å². The third-order valence-corrected chi connectivity index (χ3v) is 5.76. The van der Waals surface area contributed by atoms with Crippen molar-refractivity contribution in [3.8, 4) is 22.6 Å². The minimum atomic E-state index is -4.57. The fraction of sp³-hybridized carbons (Fsp3) is 0.364. The predicted octanol–water partition coefficient (Wildman–Crippen LogP) is 5.30. The average Bonchev–Trinajstić information content (AvgIpc) is 3.25. The van der Waals surface area contributed by atoms with Crippen LogP contribution in [0.1, 0.15) is 49.4 Å². The molecular weight excluding hydrogens is 409 g/mol. The number of pyridine rings is 1. The molecule has 9 heteroatoms. The first kappa shape index (κ1) is 21.0. The van der Waals surface area contributed by atoms with Crippen molar-refractivity contribution in [2.45, 2.75) is 44.2 Å². The molecule has 4 rings (SSSR count). The van der Waals surface area contributed by atoms with Crippen molar-refractivity contribution in [3.05, 3.63) is 54.0 Å². The highest BCUT2D eigenvalue weighted by atomic mass is 19.4. The van der Waals surface area contributed by atoms with Crippen molar-refractivity contribution in [1.82, 2.24) is 20.2 Å². The van der Waals surface area contributed by atoms with Gasteiger partial charge in [-0.2, -0.15) is 18.3 Å². The highest BCUT2D eigenvalue weighted by Gasteiger charge is 2.35. The first-order chi connectivity index (χ1) is 14.8. The van der Waals surface area contributed by atoms with Gasteiger partial charge in [-0.05, 0) is 55.2 Å². The summed E-state index contributed by atoms with van der Waals surface area (Å²) in [7, 11) is 0. The molecule has 2 aromatic heterocycles. The molecule has 0 amide bonds. The lowest BCUT2D eigenvalue weighted by molar-refractivity contribution is -0.144. The Morgan fingerprint density at radius 1 is 1.03 bits per heavy atom. The Kier molecular flexibility index (Phi) is 5.75. The molecule has 162 valence electrons. The van der Waals surface area contributed by atoms with E-state index in [0.29, 0.717) is 17.2 Å². The number of aromatic nitrogens is 4. The van der Waals surface area contributed by atoms with Crippen molar-refractivity contribution in [1.29, 1.82) is 0 Å². The summed E-state index contributed by atoms with van der Waals surface area (Å²) in [6.45, 7) is 0. The minimum Gasteiger partial charge on any atom is -0.481 e. The number of alkyl halides is 3. The summed E-state index contributed by atoms with van der Waals surface area (Å²) in [6.07, 6.45) is 0.963. The normalized spacial score (nSPS) is 19.3. The average molecular weight is 430 g/mol. The van der Waals surface area contributed by atoms with Crippen LogP contribution in [0.4, 0.5) is 13.2 Å². The van der Waals surface area contributed by atoms with Gasteiger partial charge in [-0.25, -0.2) is 4.98 Å². The number of carboxylic acid groups (broad SMARTS) is 1. The third-order valence-electron chi connectivity index (χ3n) is 5.76. The Morgan fingerprint density at radius 3 is 2.26 bits per heavy atom. The van der Waals surface area contributed by atoms with E-state index >= 15 is 0 Å². The molecular formula is C22H21F3N4O2. The van der Waals surface area contributed by atoms with Gasteiger partial charge in [0, 0.05) is 23.7 Å². The van der Waals surface area contributed by atoms with E-state index in [9.17, 15) is 18.0 Å². The Balaban J connectivity index is 1.41. The van der Waals surface area contributed by atoms with Gasteiger partial charge in [-0.15, -0.1) is 0 Å². The molecule has 1 aromatic carbocycles. The maximum absolute atomic E-state index is 12.7. The van der Waals surface area contributed by atoms with Crippen LogP contribution in [0.5, 0.6) is 0 Å². The molecule has 2 heterocycles. The maximum Gasteiger partial charge on any atom is 0.451 e. The highest BCUT2D eigenvalue weighted by molar-refractivity contribution is 5.67. The zero-order chi connectivity index (χ0) is 22.0. The topological polar surface area (TPSA) is 91.8 Å². The van der Waals surface area contributed by atoms with Gasteiger partial charge < -0.3 is 5.11 Å². The molecule has 1 fully saturated rings. The standard InChI is InChI=1S/C22H21F3N4O2/c23-22(24,25)21-27-20(28-29-21)17-9-10-18(26-12-17)16-7-5-15(6-8-16)14-3-1-13(2-4-14)11-19(30)31/h5-10,12-14H,1-4,11H2,(H,30,31)(H,27,28,29). The summed E-state index contributed by atoms with van der Waals surface area (Å²) in [6, 6.07) is 11.5. The van der Waals surface area contributed by atoms with Crippen LogP contribution in [-0.4, -0.2) is 31.2 Å². The highest BCUT2D eigenvalue weighted by Crippen LogP contribution is 2.37. The zero-order valence-electron chi connectivity index (χ0n) is 16.6. The fourth-order valence-electron chi connectivity index (χ4n) is 4.09. The summed E-state index contributed by atoms with van der Waals surface area (Å²) in [4.78, 5) is 18.7. The molecule has 6 nitrogen and oxygen atoms in total. The van der Waals surface area contributed by atoms with Crippen LogP contribution in [0.3, 0.4) is 0 Å². The Morgan fingerprint density at radius 2 is 1.71 bits per heavy atom. The molecule has 0 unspecified atom stereocenters. The number of aliphatic carboxylic acids is 1. The lowest BCUT2D eigenvalue weighted by atomic mass is 9.77. The molecule has 1 saturated carbocycles. The van der Waals surface area contributed by atoms with Crippen molar-refractivity contribution in [2.24, 2.45) is 5.92 Å². The lowest BCUT2D eigenvalue weighted by Gasteiger charge is -2.28. The predicted molar refractivity (Wildman–Crippen MR) is 107 cm³/mol. The number of hydrogen-bond donors (Lipinski definition) is 2. The molecule has 2 N–H and O–H groups in total. The largest absolute Gasteiger partial charge is 0.481 e. The summed E-state index contributed by atoms with van der Waals surface area (Å²) in [5.74, 6) is -1.22. The van der Waals surface area contributed by atoms with Gasteiger partial charge in [-0.1, -0.05) is 24.3 Å². The Bertz CT molecular complexity index is 1040. The number of aromatic amines is 1. The lowest BCUT2D eigenvalue weighted by Crippen LogP contribution is -2.16. The smallest absolute Gasteiger partial charge is 0.451 e. The third kappa shape index (κ3) is 4.92. The van der Waals surface area contributed by atoms with E-state index in [-0.39, 0.29) is 18.2 Å². The van der Waals surface area contributed by atoms with Crippen LogP contribution in [0.2, 0.25) is 0 Å². The van der Waals surface area contributed by atoms with Crippen LogP contribution < -0.4 is 0 Å². The van der Waals surface area contributed by atoms with Gasteiger partial charge in [0.25, 0.3) is 0 Å². The second-order valence-corrected chi connectivity index (χ2v) is 7.88. The second-order valence-electron chi connectivity index (χ2n) is 7.88. The van der Waals surface area contributed by atoms with Crippen LogP contribution in [0.15, 0.2) is 42.6 Å². The van der Waals surface area contributed by atoms with Gasteiger partial charge in [0.15, 0.2) is 5.82 Å². The number of hydrogen-bond acceptors (Lipinski definition) is 4. The number of nitrogens with one attached hydrogen (secondary N) is 1. The SMILES string of the molecule is O=C(O)CC1CCC(c2ccc(-c3ccc(-c4n[nH]c(C(F)(F)F)n4)cn3)cc2)CC1. The molecule has 0 spiro atoms. The van der Waals surface area contributed by atoms with Crippen molar-refractivity contribution in [3.63, 3.8) is 0 Å². The molecule has 1 aliphatic carbocycles. The number of rotatable bonds is 5. The monoisotopic (exact) mass is 430 g/mol. The minimum absolute atomic E-state index is 0.0553. The fourth-order valence-corrected chi connectivity index (χ4v) is 4.09. The number of nitrogens with zero attached hydrogens (tertiary/aromatic N) is 3. The van der Waals surface area contributed by atoms with Gasteiger partial charge in [0.05, 0.1) is 5.69 Å². The summed E-state index contributed by atoms with van der Waals surface area (Å²) < 4.78 is 38.0. The molecule has 0 bridgehead atoms. The Hall–Kier alpha value is -3.23. The molecule has 1 aliphatic rings. The van der Waals surface area contributed by atoms with Crippen molar-refractivity contribution in [2.75, 3.05) is 0 Å². The maximum atomic E-state index is 12.7. The van der Waals surface area contributed by atoms with E-state index in [1.54, 1.807) is 12.1 Å². The molecule has 31 heavy (non-hydrogen) atoms.